The van der Waals surface area contributed by atoms with E-state index < -0.39 is 0 Å². The van der Waals surface area contributed by atoms with Crippen molar-refractivity contribution in [2.75, 3.05) is 19.7 Å². The van der Waals surface area contributed by atoms with Gasteiger partial charge in [-0.3, -0.25) is 0 Å². The Morgan fingerprint density at radius 3 is 3.04 bits per heavy atom. The number of carbonyl (C=O) groups is 1. The zero-order chi connectivity index (χ0) is 16.4. The Labute approximate surface area is 146 Å². The summed E-state index contributed by atoms with van der Waals surface area (Å²) in [6.45, 7) is 2.23. The van der Waals surface area contributed by atoms with Gasteiger partial charge in [0.2, 0.25) is 0 Å². The first-order valence-corrected chi connectivity index (χ1v) is 9.64. The molecule has 3 heterocycles. The van der Waals surface area contributed by atoms with Crippen molar-refractivity contribution in [2.24, 2.45) is 0 Å². The summed E-state index contributed by atoms with van der Waals surface area (Å²) in [5.74, 6) is 0. The second-order valence-corrected chi connectivity index (χ2v) is 7.61. The van der Waals surface area contributed by atoms with Crippen LogP contribution in [0.1, 0.15) is 43.2 Å². The highest BCUT2D eigenvalue weighted by Gasteiger charge is 2.30. The van der Waals surface area contributed by atoms with Gasteiger partial charge in [0.25, 0.3) is 0 Å². The van der Waals surface area contributed by atoms with Crippen molar-refractivity contribution >= 4 is 27.6 Å². The number of ether oxygens (including phenoxy) is 1. The molecule has 2 aromatic rings. The van der Waals surface area contributed by atoms with Crippen LogP contribution in [0.5, 0.6) is 0 Å². The molecule has 1 N–H and O–H groups in total. The van der Waals surface area contributed by atoms with Gasteiger partial charge < -0.3 is 15.0 Å². The molecule has 1 aromatic carbocycles. The van der Waals surface area contributed by atoms with Crippen molar-refractivity contribution in [3.05, 3.63) is 29.3 Å². The SMILES string of the molecule is O=C(NCC1CCCO1)N1CCCCC1c1nc2ccccc2s1. The first-order valence-electron chi connectivity index (χ1n) is 8.83. The maximum absolute atomic E-state index is 12.7. The number of piperidine rings is 1. The van der Waals surface area contributed by atoms with E-state index in [1.807, 2.05) is 23.1 Å². The molecular weight excluding hydrogens is 322 g/mol. The van der Waals surface area contributed by atoms with Crippen LogP contribution in [0.25, 0.3) is 10.2 Å². The summed E-state index contributed by atoms with van der Waals surface area (Å²) in [7, 11) is 0. The highest BCUT2D eigenvalue weighted by atomic mass is 32.1. The second kappa shape index (κ2) is 7.07. The Bertz CT molecular complexity index is 678. The quantitative estimate of drug-likeness (QED) is 0.922. The summed E-state index contributed by atoms with van der Waals surface area (Å²) in [5.41, 5.74) is 1.03. The average Bonchev–Trinajstić information content (AvgIpc) is 3.29. The molecule has 2 atom stereocenters. The number of fused-ring (bicyclic) bond motifs is 1. The van der Waals surface area contributed by atoms with Gasteiger partial charge in [-0.2, -0.15) is 0 Å². The number of urea groups is 1. The van der Waals surface area contributed by atoms with Gasteiger partial charge in [-0.1, -0.05) is 12.1 Å². The molecular formula is C18H23N3O2S. The van der Waals surface area contributed by atoms with Crippen molar-refractivity contribution in [1.29, 1.82) is 0 Å². The van der Waals surface area contributed by atoms with E-state index in [9.17, 15) is 4.79 Å². The smallest absolute Gasteiger partial charge is 0.318 e. The number of hydrogen-bond acceptors (Lipinski definition) is 4. The van der Waals surface area contributed by atoms with Gasteiger partial charge in [0.15, 0.2) is 0 Å². The number of thiazole rings is 1. The predicted octanol–water partition coefficient (Wildman–Crippen LogP) is 3.71. The number of aromatic nitrogens is 1. The molecule has 0 saturated carbocycles. The highest BCUT2D eigenvalue weighted by molar-refractivity contribution is 7.18. The Morgan fingerprint density at radius 2 is 2.21 bits per heavy atom. The van der Waals surface area contributed by atoms with Gasteiger partial charge in [-0.25, -0.2) is 9.78 Å². The first kappa shape index (κ1) is 15.8. The van der Waals surface area contributed by atoms with Gasteiger partial charge in [-0.05, 0) is 44.2 Å². The molecule has 0 radical (unpaired) electrons. The summed E-state index contributed by atoms with van der Waals surface area (Å²) in [6.07, 6.45) is 5.53. The van der Waals surface area contributed by atoms with E-state index in [1.54, 1.807) is 11.3 Å². The van der Waals surface area contributed by atoms with Crippen LogP contribution in [0, 0.1) is 0 Å². The predicted molar refractivity (Wildman–Crippen MR) is 95.3 cm³/mol. The van der Waals surface area contributed by atoms with Gasteiger partial charge in [0, 0.05) is 19.7 Å². The molecule has 2 aliphatic rings. The van der Waals surface area contributed by atoms with Crippen LogP contribution in [0.2, 0.25) is 0 Å². The standard InChI is InChI=1S/C18H23N3O2S/c22-18(19-12-13-6-5-11-23-13)21-10-4-3-8-15(21)17-20-14-7-1-2-9-16(14)24-17/h1-2,7,9,13,15H,3-6,8,10-12H2,(H,19,22). The second-order valence-electron chi connectivity index (χ2n) is 6.55. The monoisotopic (exact) mass is 345 g/mol. The number of amides is 2. The van der Waals surface area contributed by atoms with Crippen LogP contribution in [0.15, 0.2) is 24.3 Å². The molecule has 24 heavy (non-hydrogen) atoms. The number of carbonyl (C=O) groups excluding carboxylic acids is 1. The minimum atomic E-state index is 0.0226. The molecule has 2 aliphatic heterocycles. The summed E-state index contributed by atoms with van der Waals surface area (Å²) in [4.78, 5) is 19.4. The third-order valence-electron chi connectivity index (χ3n) is 4.86. The van der Waals surface area contributed by atoms with E-state index in [2.05, 4.69) is 11.4 Å². The Kier molecular flexibility index (Phi) is 4.67. The number of nitrogens with zero attached hydrogens (tertiary/aromatic N) is 2. The molecule has 0 bridgehead atoms. The van der Waals surface area contributed by atoms with Crippen molar-refractivity contribution in [1.82, 2.24) is 15.2 Å². The number of rotatable bonds is 3. The Morgan fingerprint density at radius 1 is 1.29 bits per heavy atom. The molecule has 4 rings (SSSR count). The van der Waals surface area contributed by atoms with E-state index in [4.69, 9.17) is 9.72 Å². The molecule has 2 unspecified atom stereocenters. The summed E-state index contributed by atoms with van der Waals surface area (Å²) in [6, 6.07) is 8.31. The largest absolute Gasteiger partial charge is 0.376 e. The molecule has 2 amide bonds. The van der Waals surface area contributed by atoms with E-state index in [0.717, 1.165) is 55.8 Å². The topological polar surface area (TPSA) is 54.5 Å². The van der Waals surface area contributed by atoms with Crippen LogP contribution in [0.3, 0.4) is 0 Å². The maximum Gasteiger partial charge on any atom is 0.318 e. The lowest BCUT2D eigenvalue weighted by Crippen LogP contribution is -2.46. The fourth-order valence-corrected chi connectivity index (χ4v) is 4.69. The van der Waals surface area contributed by atoms with Crippen LogP contribution < -0.4 is 5.32 Å². The molecule has 0 aliphatic carbocycles. The maximum atomic E-state index is 12.7. The third kappa shape index (κ3) is 3.26. The third-order valence-corrected chi connectivity index (χ3v) is 6.00. The lowest BCUT2D eigenvalue weighted by Gasteiger charge is -2.34. The average molecular weight is 345 g/mol. The van der Waals surface area contributed by atoms with Crippen molar-refractivity contribution in [2.45, 2.75) is 44.2 Å². The number of likely N-dealkylation sites (tertiary alicyclic amines) is 1. The van der Waals surface area contributed by atoms with E-state index in [0.29, 0.717) is 6.54 Å². The van der Waals surface area contributed by atoms with Crippen LogP contribution in [0.4, 0.5) is 4.79 Å². The molecule has 1 aromatic heterocycles. The summed E-state index contributed by atoms with van der Waals surface area (Å²) < 4.78 is 6.79. The Balaban J connectivity index is 1.48. The molecule has 6 heteroatoms. The summed E-state index contributed by atoms with van der Waals surface area (Å²) >= 11 is 1.71. The number of para-hydroxylation sites is 1. The van der Waals surface area contributed by atoms with Crippen LogP contribution in [-0.4, -0.2) is 41.7 Å². The van der Waals surface area contributed by atoms with Gasteiger partial charge in [0.1, 0.15) is 5.01 Å². The lowest BCUT2D eigenvalue weighted by molar-refractivity contribution is 0.104. The lowest BCUT2D eigenvalue weighted by atomic mass is 10.0. The zero-order valence-corrected chi connectivity index (χ0v) is 14.6. The number of nitrogens with one attached hydrogen (secondary N) is 1. The van der Waals surface area contributed by atoms with Crippen LogP contribution in [-0.2, 0) is 4.74 Å². The zero-order valence-electron chi connectivity index (χ0n) is 13.7. The van der Waals surface area contributed by atoms with Gasteiger partial charge in [-0.15, -0.1) is 11.3 Å². The fraction of sp³-hybridized carbons (Fsp3) is 0.556. The minimum absolute atomic E-state index is 0.0226. The van der Waals surface area contributed by atoms with E-state index >= 15 is 0 Å². The minimum Gasteiger partial charge on any atom is -0.376 e. The van der Waals surface area contributed by atoms with Crippen molar-refractivity contribution in [3.8, 4) is 0 Å². The molecule has 2 saturated heterocycles. The molecule has 128 valence electrons. The van der Waals surface area contributed by atoms with Crippen molar-refractivity contribution in [3.63, 3.8) is 0 Å². The molecule has 5 nitrogen and oxygen atoms in total. The Hall–Kier alpha value is -1.66. The fourth-order valence-electron chi connectivity index (χ4n) is 3.57. The van der Waals surface area contributed by atoms with E-state index in [-0.39, 0.29) is 18.2 Å². The molecule has 0 spiro atoms. The van der Waals surface area contributed by atoms with Crippen molar-refractivity contribution < 1.29 is 9.53 Å². The first-order chi connectivity index (χ1) is 11.8. The number of benzene rings is 1. The summed E-state index contributed by atoms with van der Waals surface area (Å²) in [5, 5.41) is 4.13. The van der Waals surface area contributed by atoms with Gasteiger partial charge in [0.05, 0.1) is 22.4 Å². The van der Waals surface area contributed by atoms with Crippen LogP contribution >= 0.6 is 11.3 Å². The normalized spacial score (nSPS) is 24.4. The number of hydrogen-bond donors (Lipinski definition) is 1. The highest BCUT2D eigenvalue weighted by Crippen LogP contribution is 2.35. The molecule has 2 fully saturated rings. The van der Waals surface area contributed by atoms with Gasteiger partial charge >= 0.3 is 6.03 Å². The van der Waals surface area contributed by atoms with E-state index in [1.165, 1.54) is 4.70 Å².